The van der Waals surface area contributed by atoms with Gasteiger partial charge in [0.2, 0.25) is 0 Å². The highest BCUT2D eigenvalue weighted by atomic mass is 16.3. The summed E-state index contributed by atoms with van der Waals surface area (Å²) in [7, 11) is 0. The van der Waals surface area contributed by atoms with E-state index in [1.54, 1.807) is 5.57 Å². The molecular formula is C33H62N2O. The van der Waals surface area contributed by atoms with Crippen LogP contribution in [0.25, 0.3) is 0 Å². The summed E-state index contributed by atoms with van der Waals surface area (Å²) in [5.74, 6) is 5.46. The van der Waals surface area contributed by atoms with Crippen LogP contribution in [0.4, 0.5) is 0 Å². The van der Waals surface area contributed by atoms with Crippen molar-refractivity contribution in [1.29, 1.82) is 0 Å². The molecule has 0 spiro atoms. The normalized spacial score (nSPS) is 38.5. The molecule has 3 nitrogen and oxygen atoms in total. The van der Waals surface area contributed by atoms with E-state index >= 15 is 0 Å². The minimum absolute atomic E-state index is 0.0766. The predicted molar refractivity (Wildman–Crippen MR) is 155 cm³/mol. The molecule has 4 rings (SSSR count). The molecule has 3 saturated carbocycles. The summed E-state index contributed by atoms with van der Waals surface area (Å²) in [6.07, 6.45) is 21.7. The molecule has 0 aromatic carbocycles. The first-order chi connectivity index (χ1) is 17.0. The molecule has 4 aliphatic carbocycles. The average molecular weight is 503 g/mol. The third-order valence-electron chi connectivity index (χ3n) is 11.4. The fourth-order valence-electron chi connectivity index (χ4n) is 9.30. The summed E-state index contributed by atoms with van der Waals surface area (Å²) in [5, 5.41) is 10.2. The zero-order chi connectivity index (χ0) is 26.5. The number of nitrogens with two attached hydrogens (primary N) is 2. The van der Waals surface area contributed by atoms with Gasteiger partial charge < -0.3 is 16.6 Å². The SMILES string of the molecule is CC(C)CCC[C@@H](C)[C@H]1CC[C@H]2[C@@H]3CC=C4C[C@@H](O)CC[C@]4(C)[C@H]3CC[C@]12C.CCCCCC(N)N. The molecule has 0 unspecified atom stereocenters. The second kappa shape index (κ2) is 13.1. The third-order valence-corrected chi connectivity index (χ3v) is 11.4. The van der Waals surface area contributed by atoms with Crippen molar-refractivity contribution in [3.05, 3.63) is 11.6 Å². The van der Waals surface area contributed by atoms with E-state index in [0.29, 0.717) is 10.8 Å². The monoisotopic (exact) mass is 502 g/mol. The lowest BCUT2D eigenvalue weighted by atomic mass is 9.47. The van der Waals surface area contributed by atoms with Crippen LogP contribution < -0.4 is 11.5 Å². The quantitative estimate of drug-likeness (QED) is 0.169. The lowest BCUT2D eigenvalue weighted by molar-refractivity contribution is -0.0573. The summed E-state index contributed by atoms with van der Waals surface area (Å²) < 4.78 is 0. The molecule has 3 heteroatoms. The first-order valence-corrected chi connectivity index (χ1v) is 15.9. The highest BCUT2D eigenvalue weighted by molar-refractivity contribution is 5.25. The van der Waals surface area contributed by atoms with Gasteiger partial charge in [-0.2, -0.15) is 0 Å². The first kappa shape index (κ1) is 30.2. The van der Waals surface area contributed by atoms with Crippen molar-refractivity contribution in [2.45, 2.75) is 150 Å². The lowest BCUT2D eigenvalue weighted by Crippen LogP contribution is -2.50. The maximum absolute atomic E-state index is 10.2. The van der Waals surface area contributed by atoms with Gasteiger partial charge in [0.25, 0.3) is 0 Å². The van der Waals surface area contributed by atoms with E-state index in [1.807, 2.05) is 0 Å². The topological polar surface area (TPSA) is 72.3 Å². The number of hydrogen-bond donors (Lipinski definition) is 3. The number of allylic oxidation sites excluding steroid dienone is 1. The maximum atomic E-state index is 10.2. The van der Waals surface area contributed by atoms with Crippen molar-refractivity contribution < 1.29 is 5.11 Å². The zero-order valence-electron chi connectivity index (χ0n) is 24.9. The molecule has 210 valence electrons. The van der Waals surface area contributed by atoms with E-state index in [2.05, 4.69) is 47.6 Å². The average Bonchev–Trinajstić information content (AvgIpc) is 3.17. The van der Waals surface area contributed by atoms with Crippen LogP contribution in [-0.2, 0) is 0 Å². The smallest absolute Gasteiger partial charge is 0.0577 e. The van der Waals surface area contributed by atoms with Gasteiger partial charge in [0, 0.05) is 0 Å². The summed E-state index contributed by atoms with van der Waals surface area (Å²) >= 11 is 0. The summed E-state index contributed by atoms with van der Waals surface area (Å²) in [6, 6.07) is 0. The van der Waals surface area contributed by atoms with E-state index in [9.17, 15) is 5.11 Å². The number of aliphatic hydroxyl groups excluding tert-OH is 1. The Morgan fingerprint density at radius 3 is 2.33 bits per heavy atom. The number of unbranched alkanes of at least 4 members (excludes halogenated alkanes) is 2. The highest BCUT2D eigenvalue weighted by Gasteiger charge is 2.59. The molecule has 0 bridgehead atoms. The Morgan fingerprint density at radius 1 is 0.917 bits per heavy atom. The molecule has 0 aromatic rings. The van der Waals surface area contributed by atoms with Crippen molar-refractivity contribution >= 4 is 0 Å². The van der Waals surface area contributed by atoms with Crippen molar-refractivity contribution in [2.75, 3.05) is 0 Å². The Hall–Kier alpha value is -0.380. The molecule has 3 fully saturated rings. The van der Waals surface area contributed by atoms with Crippen LogP contribution in [0.15, 0.2) is 11.6 Å². The van der Waals surface area contributed by atoms with E-state index < -0.39 is 0 Å². The van der Waals surface area contributed by atoms with Crippen LogP contribution >= 0.6 is 0 Å². The highest BCUT2D eigenvalue weighted by Crippen LogP contribution is 2.67. The van der Waals surface area contributed by atoms with Crippen LogP contribution in [0.1, 0.15) is 138 Å². The molecule has 0 radical (unpaired) electrons. The molecule has 0 aliphatic heterocycles. The predicted octanol–water partition coefficient (Wildman–Crippen LogP) is 8.20. The van der Waals surface area contributed by atoms with Gasteiger partial charge in [-0.1, -0.05) is 91.7 Å². The van der Waals surface area contributed by atoms with E-state index in [-0.39, 0.29) is 12.3 Å². The summed E-state index contributed by atoms with van der Waals surface area (Å²) in [5.41, 5.74) is 13.2. The summed E-state index contributed by atoms with van der Waals surface area (Å²) in [4.78, 5) is 0. The van der Waals surface area contributed by atoms with Crippen molar-refractivity contribution in [3.8, 4) is 0 Å². The number of hydrogen-bond acceptors (Lipinski definition) is 3. The Morgan fingerprint density at radius 2 is 1.67 bits per heavy atom. The standard InChI is InChI=1S/C27H46O.C6H16N2/c1-18(2)7-6-8-19(3)23-11-12-24-22-10-9-20-17-21(28)13-15-26(20,4)25(22)14-16-27(23,24)5;1-2-3-4-5-6(7)8/h9,18-19,21-25,28H,6-8,10-17H2,1-5H3;6H,2-5,7-8H2,1H3/t19-,21+,22+,23-,24+,25+,26+,27-;/m1./s1. The molecule has 36 heavy (non-hydrogen) atoms. The van der Waals surface area contributed by atoms with Crippen LogP contribution in [-0.4, -0.2) is 17.4 Å². The Bertz CT molecular complexity index is 702. The molecule has 0 saturated heterocycles. The van der Waals surface area contributed by atoms with Crippen LogP contribution in [0, 0.1) is 46.3 Å². The minimum atomic E-state index is -0.0958. The van der Waals surface area contributed by atoms with Gasteiger partial charge in [0.15, 0.2) is 0 Å². The Labute approximate surface area is 224 Å². The second-order valence-electron chi connectivity index (χ2n) is 14.3. The Balaban J connectivity index is 0.000000392. The number of fused-ring (bicyclic) bond motifs is 5. The molecular weight excluding hydrogens is 440 g/mol. The van der Waals surface area contributed by atoms with Gasteiger partial charge in [-0.15, -0.1) is 0 Å². The number of aliphatic hydroxyl groups is 1. The minimum Gasteiger partial charge on any atom is -0.393 e. The van der Waals surface area contributed by atoms with Gasteiger partial charge in [-0.05, 0) is 104 Å². The van der Waals surface area contributed by atoms with Gasteiger partial charge in [-0.3, -0.25) is 0 Å². The maximum Gasteiger partial charge on any atom is 0.0577 e. The molecule has 0 amide bonds. The Kier molecular flexibility index (Phi) is 11.0. The van der Waals surface area contributed by atoms with Crippen LogP contribution in [0.3, 0.4) is 0 Å². The van der Waals surface area contributed by atoms with E-state index in [4.69, 9.17) is 11.5 Å². The number of rotatable bonds is 9. The van der Waals surface area contributed by atoms with Gasteiger partial charge in [0.05, 0.1) is 12.3 Å². The van der Waals surface area contributed by atoms with Gasteiger partial charge >= 0.3 is 0 Å². The van der Waals surface area contributed by atoms with Crippen molar-refractivity contribution in [2.24, 2.45) is 57.8 Å². The van der Waals surface area contributed by atoms with Crippen LogP contribution in [0.5, 0.6) is 0 Å². The molecule has 5 N–H and O–H groups in total. The molecule has 0 heterocycles. The summed E-state index contributed by atoms with van der Waals surface area (Å²) in [6.45, 7) is 14.7. The fourth-order valence-corrected chi connectivity index (χ4v) is 9.30. The lowest BCUT2D eigenvalue weighted by Gasteiger charge is -2.58. The molecule has 8 atom stereocenters. The fraction of sp³-hybridized carbons (Fsp3) is 0.939. The first-order valence-electron chi connectivity index (χ1n) is 15.9. The van der Waals surface area contributed by atoms with Gasteiger partial charge in [0.1, 0.15) is 0 Å². The van der Waals surface area contributed by atoms with E-state index in [0.717, 1.165) is 54.8 Å². The second-order valence-corrected chi connectivity index (χ2v) is 14.3. The zero-order valence-corrected chi connectivity index (χ0v) is 24.9. The van der Waals surface area contributed by atoms with Gasteiger partial charge in [-0.25, -0.2) is 0 Å². The molecule has 0 aromatic heterocycles. The molecule has 4 aliphatic rings. The largest absolute Gasteiger partial charge is 0.393 e. The third kappa shape index (κ3) is 6.78. The van der Waals surface area contributed by atoms with E-state index in [1.165, 1.54) is 77.0 Å². The van der Waals surface area contributed by atoms with Crippen molar-refractivity contribution in [3.63, 3.8) is 0 Å². The van der Waals surface area contributed by atoms with Crippen LogP contribution in [0.2, 0.25) is 0 Å². The van der Waals surface area contributed by atoms with Crippen molar-refractivity contribution in [1.82, 2.24) is 0 Å².